The molecule has 1 aromatic carbocycles. The van der Waals surface area contributed by atoms with Crippen LogP contribution in [0.5, 0.6) is 0 Å². The molecule has 0 bridgehead atoms. The molecule has 0 aliphatic carbocycles. The largest absolute Gasteiger partial charge is 0.375 e. The molecule has 0 radical (unpaired) electrons. The summed E-state index contributed by atoms with van der Waals surface area (Å²) in [6, 6.07) is 6.55. The summed E-state index contributed by atoms with van der Waals surface area (Å²) >= 11 is 1.56. The van der Waals surface area contributed by atoms with E-state index >= 15 is 0 Å². The summed E-state index contributed by atoms with van der Waals surface area (Å²) in [6.07, 6.45) is 5.25. The van der Waals surface area contributed by atoms with Gasteiger partial charge in [-0.25, -0.2) is 4.98 Å². The van der Waals surface area contributed by atoms with Gasteiger partial charge in [0.05, 0.1) is 10.2 Å². The van der Waals surface area contributed by atoms with Crippen LogP contribution in [0.4, 0.5) is 5.13 Å². The summed E-state index contributed by atoms with van der Waals surface area (Å²) in [6.45, 7) is 3.71. The lowest BCUT2D eigenvalue weighted by atomic mass is 10.1. The Morgan fingerprint density at radius 3 is 2.89 bits per heavy atom. The molecule has 3 nitrogen and oxygen atoms in total. The first-order valence-electron chi connectivity index (χ1n) is 6.68. The maximum atomic E-state index is 5.73. The molecular formula is C14H19N3S. The van der Waals surface area contributed by atoms with Crippen molar-refractivity contribution in [3.05, 3.63) is 23.8 Å². The highest BCUT2D eigenvalue weighted by Crippen LogP contribution is 2.24. The van der Waals surface area contributed by atoms with Crippen LogP contribution in [0.3, 0.4) is 0 Å². The Morgan fingerprint density at radius 2 is 2.06 bits per heavy atom. The van der Waals surface area contributed by atoms with Gasteiger partial charge in [-0.05, 0) is 50.0 Å². The van der Waals surface area contributed by atoms with Crippen LogP contribution in [-0.4, -0.2) is 29.5 Å². The van der Waals surface area contributed by atoms with E-state index in [1.54, 1.807) is 11.3 Å². The molecule has 2 aromatic rings. The molecule has 2 N–H and O–H groups in total. The second-order valence-corrected chi connectivity index (χ2v) is 6.07. The average molecular weight is 261 g/mol. The first kappa shape index (κ1) is 11.9. The van der Waals surface area contributed by atoms with Gasteiger partial charge in [-0.15, -0.1) is 0 Å². The van der Waals surface area contributed by atoms with E-state index in [1.165, 1.54) is 49.2 Å². The Labute approximate surface area is 112 Å². The van der Waals surface area contributed by atoms with Gasteiger partial charge in [0.25, 0.3) is 0 Å². The molecule has 0 amide bonds. The Kier molecular flexibility index (Phi) is 3.48. The molecule has 0 unspecified atom stereocenters. The molecule has 3 rings (SSSR count). The van der Waals surface area contributed by atoms with Gasteiger partial charge in [0.2, 0.25) is 0 Å². The third-order valence-corrected chi connectivity index (χ3v) is 4.50. The number of anilines is 1. The highest BCUT2D eigenvalue weighted by atomic mass is 32.1. The molecule has 0 spiro atoms. The molecule has 1 aliphatic heterocycles. The summed E-state index contributed by atoms with van der Waals surface area (Å²) in [4.78, 5) is 6.92. The highest BCUT2D eigenvalue weighted by molar-refractivity contribution is 7.22. The average Bonchev–Trinajstić information content (AvgIpc) is 2.77. The first-order chi connectivity index (χ1) is 8.81. The maximum absolute atomic E-state index is 5.73. The van der Waals surface area contributed by atoms with Gasteiger partial charge < -0.3 is 10.6 Å². The molecule has 96 valence electrons. The van der Waals surface area contributed by atoms with Crippen LogP contribution in [0.1, 0.15) is 24.8 Å². The Balaban J connectivity index is 1.66. The third kappa shape index (κ3) is 2.65. The fourth-order valence-corrected chi connectivity index (χ4v) is 3.33. The highest BCUT2D eigenvalue weighted by Gasteiger charge is 2.10. The lowest BCUT2D eigenvalue weighted by Gasteiger charge is -2.26. The van der Waals surface area contributed by atoms with Crippen molar-refractivity contribution in [2.24, 2.45) is 0 Å². The van der Waals surface area contributed by atoms with Crippen molar-refractivity contribution in [2.45, 2.75) is 25.7 Å². The number of hydrogen-bond donors (Lipinski definition) is 1. The summed E-state index contributed by atoms with van der Waals surface area (Å²) < 4.78 is 1.19. The summed E-state index contributed by atoms with van der Waals surface area (Å²) in [7, 11) is 0. The van der Waals surface area contributed by atoms with Gasteiger partial charge in [-0.3, -0.25) is 0 Å². The fourth-order valence-electron chi connectivity index (χ4n) is 2.62. The van der Waals surface area contributed by atoms with Crippen LogP contribution in [-0.2, 0) is 6.42 Å². The zero-order valence-electron chi connectivity index (χ0n) is 10.6. The fraction of sp³-hybridized carbons (Fsp3) is 0.500. The topological polar surface area (TPSA) is 42.1 Å². The number of thiazole rings is 1. The number of benzene rings is 1. The van der Waals surface area contributed by atoms with Crippen LogP contribution in [0, 0.1) is 0 Å². The van der Waals surface area contributed by atoms with Crippen molar-refractivity contribution in [1.82, 2.24) is 9.88 Å². The normalized spacial score (nSPS) is 17.3. The number of nitrogens with two attached hydrogens (primary N) is 1. The SMILES string of the molecule is Nc1nc2cc(CCN3CCCCC3)ccc2s1. The minimum atomic E-state index is 0.665. The summed E-state index contributed by atoms with van der Waals surface area (Å²) in [5.74, 6) is 0. The molecule has 18 heavy (non-hydrogen) atoms. The standard InChI is InChI=1S/C14H19N3S/c15-14-16-12-10-11(4-5-13(12)18-14)6-9-17-7-2-1-3-8-17/h4-5,10H,1-3,6-9H2,(H2,15,16). The van der Waals surface area contributed by atoms with Crippen molar-refractivity contribution >= 4 is 26.7 Å². The van der Waals surface area contributed by atoms with E-state index in [-0.39, 0.29) is 0 Å². The number of piperidine rings is 1. The van der Waals surface area contributed by atoms with Gasteiger partial charge in [0, 0.05) is 6.54 Å². The van der Waals surface area contributed by atoms with Gasteiger partial charge in [0.15, 0.2) is 5.13 Å². The monoisotopic (exact) mass is 261 g/mol. The van der Waals surface area contributed by atoms with Crippen LogP contribution in [0.15, 0.2) is 18.2 Å². The minimum Gasteiger partial charge on any atom is -0.375 e. The molecule has 0 atom stereocenters. The van der Waals surface area contributed by atoms with Gasteiger partial charge in [-0.1, -0.05) is 23.8 Å². The van der Waals surface area contributed by atoms with E-state index in [0.29, 0.717) is 5.13 Å². The molecule has 1 saturated heterocycles. The first-order valence-corrected chi connectivity index (χ1v) is 7.50. The molecule has 1 fully saturated rings. The van der Waals surface area contributed by atoms with Crippen molar-refractivity contribution in [2.75, 3.05) is 25.4 Å². The van der Waals surface area contributed by atoms with Crippen LogP contribution in [0.2, 0.25) is 0 Å². The maximum Gasteiger partial charge on any atom is 0.181 e. The van der Waals surface area contributed by atoms with Crippen LogP contribution in [0.25, 0.3) is 10.2 Å². The zero-order chi connectivity index (χ0) is 12.4. The molecule has 0 saturated carbocycles. The number of likely N-dealkylation sites (tertiary alicyclic amines) is 1. The van der Waals surface area contributed by atoms with E-state index in [0.717, 1.165) is 11.9 Å². The molecular weight excluding hydrogens is 242 g/mol. The zero-order valence-corrected chi connectivity index (χ0v) is 11.4. The van der Waals surface area contributed by atoms with Gasteiger partial charge >= 0.3 is 0 Å². The van der Waals surface area contributed by atoms with E-state index in [9.17, 15) is 0 Å². The van der Waals surface area contributed by atoms with E-state index in [2.05, 4.69) is 28.1 Å². The van der Waals surface area contributed by atoms with Crippen molar-refractivity contribution in [1.29, 1.82) is 0 Å². The van der Waals surface area contributed by atoms with Crippen molar-refractivity contribution in [3.63, 3.8) is 0 Å². The van der Waals surface area contributed by atoms with Crippen LogP contribution >= 0.6 is 11.3 Å². The minimum absolute atomic E-state index is 0.665. The number of nitrogen functional groups attached to an aromatic ring is 1. The van der Waals surface area contributed by atoms with Gasteiger partial charge in [-0.2, -0.15) is 0 Å². The van der Waals surface area contributed by atoms with Crippen molar-refractivity contribution < 1.29 is 0 Å². The number of fused-ring (bicyclic) bond motifs is 1. The predicted molar refractivity (Wildman–Crippen MR) is 78.0 cm³/mol. The van der Waals surface area contributed by atoms with E-state index in [1.807, 2.05) is 0 Å². The molecule has 4 heteroatoms. The Bertz CT molecular complexity index is 529. The Morgan fingerprint density at radius 1 is 1.22 bits per heavy atom. The smallest absolute Gasteiger partial charge is 0.181 e. The lowest BCUT2D eigenvalue weighted by Crippen LogP contribution is -2.31. The number of rotatable bonds is 3. The predicted octanol–water partition coefficient (Wildman–Crippen LogP) is 2.91. The quantitative estimate of drug-likeness (QED) is 0.923. The number of aromatic nitrogens is 1. The number of nitrogens with zero attached hydrogens (tertiary/aromatic N) is 2. The Hall–Kier alpha value is -1.13. The molecule has 1 aliphatic rings. The summed E-state index contributed by atoms with van der Waals surface area (Å²) in [5, 5.41) is 0.665. The van der Waals surface area contributed by atoms with Crippen molar-refractivity contribution in [3.8, 4) is 0 Å². The second kappa shape index (κ2) is 5.24. The molecule has 1 aromatic heterocycles. The third-order valence-electron chi connectivity index (χ3n) is 3.63. The van der Waals surface area contributed by atoms with Gasteiger partial charge in [0.1, 0.15) is 0 Å². The van der Waals surface area contributed by atoms with Crippen LogP contribution < -0.4 is 5.73 Å². The van der Waals surface area contributed by atoms with E-state index in [4.69, 9.17) is 5.73 Å². The second-order valence-electron chi connectivity index (χ2n) is 5.01. The molecule has 2 heterocycles. The lowest BCUT2D eigenvalue weighted by molar-refractivity contribution is 0.231. The summed E-state index contributed by atoms with van der Waals surface area (Å²) in [5.41, 5.74) is 8.15. The van der Waals surface area contributed by atoms with E-state index < -0.39 is 0 Å². The number of hydrogen-bond acceptors (Lipinski definition) is 4.